The van der Waals surface area contributed by atoms with Gasteiger partial charge >= 0.3 is 0 Å². The summed E-state index contributed by atoms with van der Waals surface area (Å²) in [6.07, 6.45) is 0. The topological polar surface area (TPSA) is 58.8 Å². The van der Waals surface area contributed by atoms with Crippen molar-refractivity contribution in [2.75, 3.05) is 40.4 Å². The van der Waals surface area contributed by atoms with Gasteiger partial charge in [-0.3, -0.25) is 4.79 Å². The van der Waals surface area contributed by atoms with Crippen LogP contribution in [0.1, 0.15) is 6.92 Å². The molecule has 0 saturated carbocycles. The van der Waals surface area contributed by atoms with Crippen molar-refractivity contribution in [3.63, 3.8) is 0 Å². The summed E-state index contributed by atoms with van der Waals surface area (Å²) in [5, 5.41) is 0. The average molecular weight is 215 g/mol. The minimum atomic E-state index is -0.527. The van der Waals surface area contributed by atoms with Crippen LogP contribution in [0.4, 0.5) is 0 Å². The molecule has 1 aliphatic rings. The van der Waals surface area contributed by atoms with Gasteiger partial charge < -0.3 is 20.3 Å². The van der Waals surface area contributed by atoms with E-state index in [9.17, 15) is 4.79 Å². The van der Waals surface area contributed by atoms with E-state index in [1.165, 1.54) is 0 Å². The third-order valence-corrected chi connectivity index (χ3v) is 2.78. The smallest absolute Gasteiger partial charge is 0.242 e. The highest BCUT2D eigenvalue weighted by Crippen LogP contribution is 2.09. The minimum absolute atomic E-state index is 0.00236. The van der Waals surface area contributed by atoms with E-state index in [-0.39, 0.29) is 18.6 Å². The van der Waals surface area contributed by atoms with Gasteiger partial charge in [0.25, 0.3) is 0 Å². The maximum atomic E-state index is 11.9. The van der Waals surface area contributed by atoms with Crippen molar-refractivity contribution in [2.24, 2.45) is 5.73 Å². The van der Waals surface area contributed by atoms with Gasteiger partial charge in [-0.1, -0.05) is 0 Å². The van der Waals surface area contributed by atoms with E-state index in [1.807, 2.05) is 11.8 Å². The van der Waals surface area contributed by atoms with E-state index in [4.69, 9.17) is 10.5 Å². The number of carbonyl (C=O) groups is 1. The first-order chi connectivity index (χ1) is 7.06. The van der Waals surface area contributed by atoms with Crippen molar-refractivity contribution in [1.82, 2.24) is 9.80 Å². The van der Waals surface area contributed by atoms with Crippen LogP contribution in [0, 0.1) is 0 Å². The predicted octanol–water partition coefficient (Wildman–Crippen LogP) is -0.877. The number of piperazine rings is 1. The lowest BCUT2D eigenvalue weighted by Gasteiger charge is -2.39. The molecule has 1 amide bonds. The third-order valence-electron chi connectivity index (χ3n) is 2.78. The molecule has 0 aromatic rings. The molecule has 2 N–H and O–H groups in total. The summed E-state index contributed by atoms with van der Waals surface area (Å²) in [6.45, 7) is 4.92. The van der Waals surface area contributed by atoms with Crippen LogP contribution in [0.5, 0.6) is 0 Å². The highest BCUT2D eigenvalue weighted by Gasteiger charge is 2.28. The molecule has 0 aliphatic carbocycles. The molecule has 1 aliphatic heterocycles. The van der Waals surface area contributed by atoms with Crippen molar-refractivity contribution < 1.29 is 9.53 Å². The molecule has 2 atom stereocenters. The molecule has 0 aromatic heterocycles. The molecule has 1 heterocycles. The number of amides is 1. The van der Waals surface area contributed by atoms with Crippen molar-refractivity contribution in [3.8, 4) is 0 Å². The number of nitrogens with zero attached hydrogens (tertiary/aromatic N) is 2. The summed E-state index contributed by atoms with van der Waals surface area (Å²) >= 11 is 0. The summed E-state index contributed by atoms with van der Waals surface area (Å²) in [4.78, 5) is 16.0. The molecular formula is C10H21N3O2. The Kier molecular flexibility index (Phi) is 4.50. The monoisotopic (exact) mass is 215 g/mol. The molecule has 0 spiro atoms. The zero-order valence-electron chi connectivity index (χ0n) is 9.77. The quantitative estimate of drug-likeness (QED) is 0.664. The van der Waals surface area contributed by atoms with Gasteiger partial charge in [0.2, 0.25) is 5.91 Å². The molecule has 1 fully saturated rings. The number of likely N-dealkylation sites (N-methyl/N-ethyl adjacent to an activating group) is 1. The Labute approximate surface area is 91.2 Å². The Morgan fingerprint density at radius 1 is 1.60 bits per heavy atom. The van der Waals surface area contributed by atoms with E-state index in [0.29, 0.717) is 0 Å². The lowest BCUT2D eigenvalue weighted by atomic mass is 10.1. The molecular weight excluding hydrogens is 194 g/mol. The fourth-order valence-electron chi connectivity index (χ4n) is 1.93. The number of nitrogens with two attached hydrogens (primary N) is 1. The molecule has 88 valence electrons. The van der Waals surface area contributed by atoms with Gasteiger partial charge in [0, 0.05) is 32.8 Å². The lowest BCUT2D eigenvalue weighted by Crippen LogP contribution is -2.57. The molecule has 0 bridgehead atoms. The van der Waals surface area contributed by atoms with Crippen molar-refractivity contribution in [1.29, 1.82) is 0 Å². The largest absolute Gasteiger partial charge is 0.383 e. The van der Waals surface area contributed by atoms with E-state index < -0.39 is 6.04 Å². The third kappa shape index (κ3) is 3.15. The van der Waals surface area contributed by atoms with Gasteiger partial charge in [-0.25, -0.2) is 0 Å². The van der Waals surface area contributed by atoms with E-state index >= 15 is 0 Å². The highest BCUT2D eigenvalue weighted by molar-refractivity contribution is 5.82. The Hall–Kier alpha value is -0.650. The first kappa shape index (κ1) is 12.4. The van der Waals surface area contributed by atoms with Crippen LogP contribution in [-0.4, -0.2) is 68.2 Å². The molecule has 0 aromatic carbocycles. The van der Waals surface area contributed by atoms with Gasteiger partial charge in [0.1, 0.15) is 6.04 Å². The van der Waals surface area contributed by atoms with Gasteiger partial charge in [-0.15, -0.1) is 0 Å². The van der Waals surface area contributed by atoms with E-state index in [2.05, 4.69) is 11.9 Å². The van der Waals surface area contributed by atoms with Crippen molar-refractivity contribution >= 4 is 5.91 Å². The predicted molar refractivity (Wildman–Crippen MR) is 58.5 cm³/mol. The lowest BCUT2D eigenvalue weighted by molar-refractivity contribution is -0.138. The molecule has 1 saturated heterocycles. The van der Waals surface area contributed by atoms with E-state index in [1.54, 1.807) is 7.11 Å². The number of carbonyl (C=O) groups excluding carboxylic acids is 1. The molecule has 1 rings (SSSR count). The van der Waals surface area contributed by atoms with Crippen LogP contribution < -0.4 is 5.73 Å². The second-order valence-corrected chi connectivity index (χ2v) is 4.20. The van der Waals surface area contributed by atoms with Crippen molar-refractivity contribution in [2.45, 2.75) is 19.0 Å². The molecule has 5 nitrogen and oxygen atoms in total. The maximum Gasteiger partial charge on any atom is 0.242 e. The Morgan fingerprint density at radius 3 is 2.80 bits per heavy atom. The van der Waals surface area contributed by atoms with Crippen LogP contribution in [0.15, 0.2) is 0 Å². The van der Waals surface area contributed by atoms with E-state index in [0.717, 1.165) is 19.6 Å². The van der Waals surface area contributed by atoms with Crippen LogP contribution in [-0.2, 0) is 9.53 Å². The van der Waals surface area contributed by atoms with Crippen LogP contribution in [0.3, 0.4) is 0 Å². The summed E-state index contributed by atoms with van der Waals surface area (Å²) < 4.78 is 4.89. The standard InChI is InChI=1S/C10H21N3O2/c1-8-6-12(2)4-5-13(8)10(14)9(11)7-15-3/h8-9H,4-7,11H2,1-3H3. The summed E-state index contributed by atoms with van der Waals surface area (Å²) in [5.74, 6) is -0.00236. The molecule has 2 unspecified atom stereocenters. The van der Waals surface area contributed by atoms with Gasteiger partial charge in [0.15, 0.2) is 0 Å². The first-order valence-electron chi connectivity index (χ1n) is 5.29. The molecule has 15 heavy (non-hydrogen) atoms. The number of methoxy groups -OCH3 is 1. The van der Waals surface area contributed by atoms with Crippen molar-refractivity contribution in [3.05, 3.63) is 0 Å². The zero-order chi connectivity index (χ0) is 11.4. The number of hydrogen-bond donors (Lipinski definition) is 1. The Morgan fingerprint density at radius 2 is 2.27 bits per heavy atom. The second kappa shape index (κ2) is 5.44. The molecule has 0 radical (unpaired) electrons. The Bertz CT molecular complexity index is 223. The fourth-order valence-corrected chi connectivity index (χ4v) is 1.93. The second-order valence-electron chi connectivity index (χ2n) is 4.20. The average Bonchev–Trinajstić information content (AvgIpc) is 2.17. The van der Waals surface area contributed by atoms with Crippen LogP contribution in [0.25, 0.3) is 0 Å². The molecule has 5 heteroatoms. The van der Waals surface area contributed by atoms with Gasteiger partial charge in [-0.05, 0) is 14.0 Å². The normalized spacial score (nSPS) is 25.3. The fraction of sp³-hybridized carbons (Fsp3) is 0.900. The van der Waals surface area contributed by atoms with Crippen LogP contribution >= 0.6 is 0 Å². The van der Waals surface area contributed by atoms with Gasteiger partial charge in [0.05, 0.1) is 6.61 Å². The number of rotatable bonds is 3. The SMILES string of the molecule is COCC(N)C(=O)N1CCN(C)CC1C. The number of hydrogen-bond acceptors (Lipinski definition) is 4. The summed E-state index contributed by atoms with van der Waals surface area (Å²) in [6, 6.07) is -0.292. The van der Waals surface area contributed by atoms with Crippen LogP contribution in [0.2, 0.25) is 0 Å². The zero-order valence-corrected chi connectivity index (χ0v) is 9.77. The summed E-state index contributed by atoms with van der Waals surface area (Å²) in [7, 11) is 3.62. The maximum absolute atomic E-state index is 11.9. The Balaban J connectivity index is 2.52. The van der Waals surface area contributed by atoms with Gasteiger partial charge in [-0.2, -0.15) is 0 Å². The number of ether oxygens (including phenoxy) is 1. The highest BCUT2D eigenvalue weighted by atomic mass is 16.5. The minimum Gasteiger partial charge on any atom is -0.383 e. The summed E-state index contributed by atoms with van der Waals surface area (Å²) in [5.41, 5.74) is 5.73. The first-order valence-corrected chi connectivity index (χ1v) is 5.29.